The molecule has 1 aromatic rings. The highest BCUT2D eigenvalue weighted by atomic mass is 32.1. The van der Waals surface area contributed by atoms with Crippen LogP contribution in [0.4, 0.5) is 13.2 Å². The molecule has 0 amide bonds. The Hall–Kier alpha value is -1.04. The molecule has 1 heterocycles. The van der Waals surface area contributed by atoms with Crippen molar-refractivity contribution in [3.05, 3.63) is 21.9 Å². The van der Waals surface area contributed by atoms with Gasteiger partial charge in [-0.3, -0.25) is 4.79 Å². The van der Waals surface area contributed by atoms with Gasteiger partial charge < -0.3 is 5.11 Å². The molecule has 1 atom stereocenters. The van der Waals surface area contributed by atoms with Crippen molar-refractivity contribution in [1.29, 1.82) is 0 Å². The van der Waals surface area contributed by atoms with E-state index in [9.17, 15) is 18.0 Å². The molecule has 0 saturated heterocycles. The molecule has 2 nitrogen and oxygen atoms in total. The van der Waals surface area contributed by atoms with Crippen LogP contribution < -0.4 is 0 Å². The third kappa shape index (κ3) is 2.25. The van der Waals surface area contributed by atoms with Crippen LogP contribution in [0.3, 0.4) is 0 Å². The summed E-state index contributed by atoms with van der Waals surface area (Å²) in [5.74, 6) is -2.14. The smallest absolute Gasteiger partial charge is 0.395 e. The third-order valence-electron chi connectivity index (χ3n) is 3.55. The van der Waals surface area contributed by atoms with Gasteiger partial charge in [0, 0.05) is 10.8 Å². The van der Waals surface area contributed by atoms with Crippen molar-refractivity contribution < 1.29 is 23.1 Å². The number of aryl methyl sites for hydroxylation is 1. The first-order chi connectivity index (χ1) is 8.26. The predicted octanol–water partition coefficient (Wildman–Crippen LogP) is 3.96. The minimum atomic E-state index is -4.33. The lowest BCUT2D eigenvalue weighted by Crippen LogP contribution is -2.32. The first kappa shape index (κ1) is 13.4. The van der Waals surface area contributed by atoms with E-state index in [2.05, 4.69) is 0 Å². The van der Waals surface area contributed by atoms with Crippen LogP contribution in [0, 0.1) is 12.3 Å². The zero-order valence-electron chi connectivity index (χ0n) is 9.75. The summed E-state index contributed by atoms with van der Waals surface area (Å²) in [7, 11) is 0. The van der Waals surface area contributed by atoms with Crippen molar-refractivity contribution in [2.24, 2.45) is 5.41 Å². The van der Waals surface area contributed by atoms with E-state index < -0.39 is 29.9 Å². The number of thiophene rings is 1. The average Bonchev–Trinajstić information content (AvgIpc) is 2.93. The molecule has 1 aromatic heterocycles. The van der Waals surface area contributed by atoms with Crippen molar-refractivity contribution >= 4 is 17.3 Å². The summed E-state index contributed by atoms with van der Waals surface area (Å²) in [6.07, 6.45) is -4.73. The molecule has 1 unspecified atom stereocenters. The molecule has 18 heavy (non-hydrogen) atoms. The van der Waals surface area contributed by atoms with E-state index in [4.69, 9.17) is 5.11 Å². The van der Waals surface area contributed by atoms with E-state index in [0.29, 0.717) is 5.56 Å². The Bertz CT molecular complexity index is 460. The summed E-state index contributed by atoms with van der Waals surface area (Å²) >= 11 is 1.35. The molecule has 1 aliphatic carbocycles. The molecule has 6 heteroatoms. The quantitative estimate of drug-likeness (QED) is 0.905. The van der Waals surface area contributed by atoms with Gasteiger partial charge in [0.1, 0.15) is 0 Å². The van der Waals surface area contributed by atoms with E-state index in [0.717, 1.165) is 4.88 Å². The summed E-state index contributed by atoms with van der Waals surface area (Å²) in [5, 5.41) is 10.5. The SMILES string of the molecule is Cc1cc(C(CC(=O)O)C2(C(F)(F)F)CC2)cs1. The second kappa shape index (κ2) is 4.26. The van der Waals surface area contributed by atoms with Crippen LogP contribution in [0.2, 0.25) is 0 Å². The molecule has 1 aliphatic rings. The lowest BCUT2D eigenvalue weighted by Gasteiger charge is -2.27. The second-order valence-corrected chi connectivity index (χ2v) is 5.91. The minimum Gasteiger partial charge on any atom is -0.481 e. The van der Waals surface area contributed by atoms with Gasteiger partial charge in [0.25, 0.3) is 0 Å². The Morgan fingerprint density at radius 3 is 2.50 bits per heavy atom. The second-order valence-electron chi connectivity index (χ2n) is 4.80. The van der Waals surface area contributed by atoms with Gasteiger partial charge in [0.05, 0.1) is 11.8 Å². The van der Waals surface area contributed by atoms with E-state index >= 15 is 0 Å². The van der Waals surface area contributed by atoms with E-state index in [1.54, 1.807) is 18.4 Å². The summed E-state index contributed by atoms with van der Waals surface area (Å²) in [5.41, 5.74) is -1.31. The molecule has 1 fully saturated rings. The molecule has 0 spiro atoms. The van der Waals surface area contributed by atoms with Crippen LogP contribution in [0.1, 0.15) is 35.6 Å². The van der Waals surface area contributed by atoms with Crippen molar-refractivity contribution in [1.82, 2.24) is 0 Å². The van der Waals surface area contributed by atoms with Gasteiger partial charge in [-0.2, -0.15) is 13.2 Å². The number of carbonyl (C=O) groups is 1. The normalized spacial score (nSPS) is 19.6. The Labute approximate surface area is 106 Å². The van der Waals surface area contributed by atoms with Crippen molar-refractivity contribution in [3.63, 3.8) is 0 Å². The molecule has 0 aliphatic heterocycles. The number of rotatable bonds is 4. The van der Waals surface area contributed by atoms with E-state index in [-0.39, 0.29) is 12.8 Å². The first-order valence-corrected chi connectivity index (χ1v) is 6.48. The van der Waals surface area contributed by atoms with Crippen LogP contribution in [0.25, 0.3) is 0 Å². The van der Waals surface area contributed by atoms with Crippen LogP contribution in [-0.2, 0) is 4.79 Å². The number of carboxylic acids is 1. The zero-order chi connectivity index (χ0) is 13.6. The topological polar surface area (TPSA) is 37.3 Å². The van der Waals surface area contributed by atoms with Gasteiger partial charge in [0.15, 0.2) is 0 Å². The highest BCUT2D eigenvalue weighted by molar-refractivity contribution is 7.10. The molecular weight excluding hydrogens is 265 g/mol. The predicted molar refractivity (Wildman–Crippen MR) is 61.8 cm³/mol. The molecule has 2 rings (SSSR count). The number of aliphatic carboxylic acids is 1. The van der Waals surface area contributed by atoms with Gasteiger partial charge in [-0.1, -0.05) is 0 Å². The summed E-state index contributed by atoms with van der Waals surface area (Å²) in [4.78, 5) is 11.7. The highest BCUT2D eigenvalue weighted by Gasteiger charge is 2.67. The van der Waals surface area contributed by atoms with Crippen LogP contribution in [-0.4, -0.2) is 17.3 Å². The highest BCUT2D eigenvalue weighted by Crippen LogP contribution is 2.66. The Kier molecular flexibility index (Phi) is 3.17. The number of hydrogen-bond acceptors (Lipinski definition) is 2. The molecular formula is C12H13F3O2S. The molecule has 0 radical (unpaired) electrons. The lowest BCUT2D eigenvalue weighted by molar-refractivity contribution is -0.195. The fourth-order valence-electron chi connectivity index (χ4n) is 2.42. The van der Waals surface area contributed by atoms with E-state index in [1.165, 1.54) is 11.3 Å². The van der Waals surface area contributed by atoms with Crippen molar-refractivity contribution in [2.45, 2.75) is 38.3 Å². The van der Waals surface area contributed by atoms with Crippen LogP contribution in [0.5, 0.6) is 0 Å². The van der Waals surface area contributed by atoms with Crippen LogP contribution >= 0.6 is 11.3 Å². The number of alkyl halides is 3. The summed E-state index contributed by atoms with van der Waals surface area (Å²) < 4.78 is 39.3. The van der Waals surface area contributed by atoms with Gasteiger partial charge in [-0.25, -0.2) is 0 Å². The fourth-order valence-corrected chi connectivity index (χ4v) is 3.18. The molecule has 1 N–H and O–H groups in total. The maximum atomic E-state index is 13.1. The summed E-state index contributed by atoms with van der Waals surface area (Å²) in [6, 6.07) is 1.67. The maximum Gasteiger partial charge on any atom is 0.395 e. The monoisotopic (exact) mass is 278 g/mol. The molecule has 1 saturated carbocycles. The van der Waals surface area contributed by atoms with Gasteiger partial charge >= 0.3 is 12.1 Å². The third-order valence-corrected chi connectivity index (χ3v) is 4.43. The Balaban J connectivity index is 2.35. The molecule has 100 valence electrons. The first-order valence-electron chi connectivity index (χ1n) is 5.60. The van der Waals surface area contributed by atoms with Crippen molar-refractivity contribution in [3.8, 4) is 0 Å². The number of carboxylic acid groups (broad SMARTS) is 1. The Morgan fingerprint density at radius 1 is 1.56 bits per heavy atom. The standard InChI is InChI=1S/C12H13F3O2S/c1-7-4-8(6-18-7)9(5-10(16)17)11(2-3-11)12(13,14)15/h4,6,9H,2-3,5H2,1H3,(H,16,17). The zero-order valence-corrected chi connectivity index (χ0v) is 10.6. The fraction of sp³-hybridized carbons (Fsp3) is 0.583. The van der Waals surface area contributed by atoms with Gasteiger partial charge in [0.2, 0.25) is 0 Å². The van der Waals surface area contributed by atoms with Gasteiger partial charge in [-0.15, -0.1) is 11.3 Å². The largest absolute Gasteiger partial charge is 0.481 e. The summed E-state index contributed by atoms with van der Waals surface area (Å²) in [6.45, 7) is 1.80. The van der Waals surface area contributed by atoms with Gasteiger partial charge in [-0.05, 0) is 36.8 Å². The molecule has 0 aromatic carbocycles. The number of halogens is 3. The maximum absolute atomic E-state index is 13.1. The Morgan fingerprint density at radius 2 is 2.17 bits per heavy atom. The average molecular weight is 278 g/mol. The van der Waals surface area contributed by atoms with E-state index in [1.807, 2.05) is 0 Å². The minimum absolute atomic E-state index is 0.0311. The molecule has 0 bridgehead atoms. The lowest BCUT2D eigenvalue weighted by atomic mass is 9.81. The number of hydrogen-bond donors (Lipinski definition) is 1. The van der Waals surface area contributed by atoms with Crippen molar-refractivity contribution in [2.75, 3.05) is 0 Å². The van der Waals surface area contributed by atoms with Crippen LogP contribution in [0.15, 0.2) is 11.4 Å².